The van der Waals surface area contributed by atoms with Crippen molar-refractivity contribution in [2.24, 2.45) is 5.92 Å². The Kier molecular flexibility index (Phi) is 6.21. The molecule has 0 radical (unpaired) electrons. The second kappa shape index (κ2) is 8.36. The van der Waals surface area contributed by atoms with E-state index in [2.05, 4.69) is 11.9 Å². The fraction of sp³-hybridized carbons (Fsp3) is 0.789. The number of H-pyrrole nitrogens is 1. The Hall–Kier alpha value is -0.770. The minimum Gasteiger partial charge on any atom is -0.301 e. The minimum atomic E-state index is 0.103. The molecule has 0 aromatic carbocycles. The standard InChI is InChI=1S/C19H30N2OS/c1-2-16-17(13-14-9-5-3-6-10-14)20-19(21-18(16)22)23-15-11-7-4-8-12-15/h14-15H,2-13H2,1H3,(H,20,21,22). The first-order valence-electron chi connectivity index (χ1n) is 9.55. The van der Waals surface area contributed by atoms with Crippen LogP contribution in [0, 0.1) is 5.92 Å². The summed E-state index contributed by atoms with van der Waals surface area (Å²) < 4.78 is 0. The van der Waals surface area contributed by atoms with Gasteiger partial charge in [-0.1, -0.05) is 70.1 Å². The molecule has 1 aromatic heterocycles. The number of hydrogen-bond donors (Lipinski definition) is 1. The molecule has 0 atom stereocenters. The van der Waals surface area contributed by atoms with E-state index in [9.17, 15) is 4.79 Å². The summed E-state index contributed by atoms with van der Waals surface area (Å²) in [5.74, 6) is 0.732. The van der Waals surface area contributed by atoms with E-state index in [-0.39, 0.29) is 5.56 Å². The number of nitrogens with one attached hydrogen (secondary N) is 1. The van der Waals surface area contributed by atoms with Crippen LogP contribution in [0.5, 0.6) is 0 Å². The van der Waals surface area contributed by atoms with Gasteiger partial charge in [0.1, 0.15) is 0 Å². The molecular weight excluding hydrogens is 304 g/mol. The molecule has 2 aliphatic carbocycles. The van der Waals surface area contributed by atoms with Gasteiger partial charge in [-0.05, 0) is 31.6 Å². The highest BCUT2D eigenvalue weighted by atomic mass is 32.2. The van der Waals surface area contributed by atoms with Gasteiger partial charge in [0.25, 0.3) is 5.56 Å². The van der Waals surface area contributed by atoms with Crippen LogP contribution >= 0.6 is 11.8 Å². The number of aromatic amines is 1. The van der Waals surface area contributed by atoms with Crippen LogP contribution in [0.1, 0.15) is 82.4 Å². The maximum Gasteiger partial charge on any atom is 0.254 e. The Labute approximate surface area is 144 Å². The van der Waals surface area contributed by atoms with Gasteiger partial charge in [0.05, 0.1) is 5.69 Å². The largest absolute Gasteiger partial charge is 0.301 e. The topological polar surface area (TPSA) is 45.8 Å². The first-order valence-corrected chi connectivity index (χ1v) is 10.4. The van der Waals surface area contributed by atoms with E-state index in [0.717, 1.165) is 35.2 Å². The van der Waals surface area contributed by atoms with Crippen molar-refractivity contribution >= 4 is 11.8 Å². The summed E-state index contributed by atoms with van der Waals surface area (Å²) in [5, 5.41) is 1.51. The third-order valence-electron chi connectivity index (χ3n) is 5.47. The van der Waals surface area contributed by atoms with Gasteiger partial charge in [-0.25, -0.2) is 4.98 Å². The highest BCUT2D eigenvalue weighted by Crippen LogP contribution is 2.32. The number of aromatic nitrogens is 2. The smallest absolute Gasteiger partial charge is 0.254 e. The fourth-order valence-corrected chi connectivity index (χ4v) is 5.32. The van der Waals surface area contributed by atoms with E-state index in [1.165, 1.54) is 64.2 Å². The third kappa shape index (κ3) is 4.62. The van der Waals surface area contributed by atoms with Crippen molar-refractivity contribution in [2.45, 2.75) is 94.4 Å². The maximum atomic E-state index is 12.5. The van der Waals surface area contributed by atoms with Gasteiger partial charge in [-0.3, -0.25) is 4.79 Å². The van der Waals surface area contributed by atoms with E-state index in [1.54, 1.807) is 0 Å². The summed E-state index contributed by atoms with van der Waals surface area (Å²) in [5.41, 5.74) is 2.11. The molecule has 2 saturated carbocycles. The lowest BCUT2D eigenvalue weighted by molar-refractivity contribution is 0.352. The molecule has 0 spiro atoms. The molecule has 0 aliphatic heterocycles. The second-order valence-electron chi connectivity index (χ2n) is 7.24. The van der Waals surface area contributed by atoms with Gasteiger partial charge >= 0.3 is 0 Å². The van der Waals surface area contributed by atoms with Crippen molar-refractivity contribution in [3.8, 4) is 0 Å². The normalized spacial score (nSPS) is 20.7. The Bertz CT molecular complexity index is 557. The van der Waals surface area contributed by atoms with Crippen molar-refractivity contribution < 1.29 is 0 Å². The summed E-state index contributed by atoms with van der Waals surface area (Å²) in [7, 11) is 0. The predicted molar refractivity (Wildman–Crippen MR) is 97.2 cm³/mol. The van der Waals surface area contributed by atoms with Crippen LogP contribution in [0.15, 0.2) is 9.95 Å². The molecule has 128 valence electrons. The monoisotopic (exact) mass is 334 g/mol. The van der Waals surface area contributed by atoms with Crippen LogP contribution in [0.25, 0.3) is 0 Å². The predicted octanol–water partition coefficient (Wildman–Crippen LogP) is 4.88. The summed E-state index contributed by atoms with van der Waals surface area (Å²) >= 11 is 1.81. The summed E-state index contributed by atoms with van der Waals surface area (Å²) in [6, 6.07) is 0. The number of thioether (sulfide) groups is 1. The molecule has 4 heteroatoms. The Morgan fingerprint density at radius 2 is 1.70 bits per heavy atom. The van der Waals surface area contributed by atoms with Crippen molar-refractivity contribution in [1.82, 2.24) is 9.97 Å². The van der Waals surface area contributed by atoms with Crippen LogP contribution in [-0.4, -0.2) is 15.2 Å². The quantitative estimate of drug-likeness (QED) is 0.781. The molecule has 3 rings (SSSR count). The average Bonchev–Trinajstić information content (AvgIpc) is 2.57. The molecule has 1 N–H and O–H groups in total. The van der Waals surface area contributed by atoms with E-state index in [0.29, 0.717) is 5.25 Å². The SMILES string of the molecule is CCc1c(CC2CCCCC2)nc(SC2CCCCC2)[nH]c1=O. The average molecular weight is 335 g/mol. The Balaban J connectivity index is 1.76. The highest BCUT2D eigenvalue weighted by Gasteiger charge is 2.20. The second-order valence-corrected chi connectivity index (χ2v) is 8.52. The molecule has 0 bridgehead atoms. The van der Waals surface area contributed by atoms with Gasteiger partial charge in [0.2, 0.25) is 0 Å². The van der Waals surface area contributed by atoms with Crippen LogP contribution in [0.3, 0.4) is 0 Å². The lowest BCUT2D eigenvalue weighted by Crippen LogP contribution is -2.22. The van der Waals surface area contributed by atoms with Crippen molar-refractivity contribution in [1.29, 1.82) is 0 Å². The molecule has 2 fully saturated rings. The molecule has 1 aromatic rings. The van der Waals surface area contributed by atoms with Crippen LogP contribution < -0.4 is 5.56 Å². The van der Waals surface area contributed by atoms with Crippen LogP contribution in [0.4, 0.5) is 0 Å². The molecule has 0 amide bonds. The number of nitrogens with zero attached hydrogens (tertiary/aromatic N) is 1. The van der Waals surface area contributed by atoms with E-state index in [1.807, 2.05) is 11.8 Å². The fourth-order valence-electron chi connectivity index (χ4n) is 4.12. The van der Waals surface area contributed by atoms with E-state index in [4.69, 9.17) is 4.98 Å². The lowest BCUT2D eigenvalue weighted by atomic mass is 9.85. The molecular formula is C19H30N2OS. The van der Waals surface area contributed by atoms with Gasteiger partial charge in [0, 0.05) is 10.8 Å². The molecule has 3 nitrogen and oxygen atoms in total. The maximum absolute atomic E-state index is 12.5. The van der Waals surface area contributed by atoms with Gasteiger partial charge < -0.3 is 4.98 Å². The van der Waals surface area contributed by atoms with Crippen LogP contribution in [-0.2, 0) is 12.8 Å². The van der Waals surface area contributed by atoms with Crippen LogP contribution in [0.2, 0.25) is 0 Å². The first-order chi connectivity index (χ1) is 11.3. The zero-order valence-electron chi connectivity index (χ0n) is 14.4. The molecule has 2 aliphatic rings. The summed E-state index contributed by atoms with van der Waals surface area (Å²) in [4.78, 5) is 20.4. The number of hydrogen-bond acceptors (Lipinski definition) is 3. The summed E-state index contributed by atoms with van der Waals surface area (Å²) in [6.45, 7) is 2.07. The van der Waals surface area contributed by atoms with Crippen molar-refractivity contribution in [3.05, 3.63) is 21.6 Å². The Morgan fingerprint density at radius 3 is 2.35 bits per heavy atom. The van der Waals surface area contributed by atoms with E-state index < -0.39 is 0 Å². The number of rotatable bonds is 5. The van der Waals surface area contributed by atoms with E-state index >= 15 is 0 Å². The van der Waals surface area contributed by atoms with Crippen molar-refractivity contribution in [3.63, 3.8) is 0 Å². The van der Waals surface area contributed by atoms with Gasteiger partial charge in [-0.2, -0.15) is 0 Å². The molecule has 0 unspecified atom stereocenters. The third-order valence-corrected chi connectivity index (χ3v) is 6.69. The highest BCUT2D eigenvalue weighted by molar-refractivity contribution is 7.99. The van der Waals surface area contributed by atoms with Gasteiger partial charge in [-0.15, -0.1) is 0 Å². The van der Waals surface area contributed by atoms with Crippen molar-refractivity contribution in [2.75, 3.05) is 0 Å². The summed E-state index contributed by atoms with van der Waals surface area (Å²) in [6.07, 6.45) is 15.0. The molecule has 0 saturated heterocycles. The Morgan fingerprint density at radius 1 is 1.04 bits per heavy atom. The molecule has 23 heavy (non-hydrogen) atoms. The zero-order valence-corrected chi connectivity index (χ0v) is 15.2. The van der Waals surface area contributed by atoms with Gasteiger partial charge in [0.15, 0.2) is 5.16 Å². The lowest BCUT2D eigenvalue weighted by Gasteiger charge is -2.23. The first kappa shape index (κ1) is 17.1. The molecule has 1 heterocycles. The minimum absolute atomic E-state index is 0.103. The zero-order chi connectivity index (χ0) is 16.1.